The Kier molecular flexibility index (Phi) is 6.41. The molecule has 29 heavy (non-hydrogen) atoms. The number of aromatic amines is 1. The van der Waals surface area contributed by atoms with Crippen molar-refractivity contribution in [2.45, 2.75) is 65.5 Å². The summed E-state index contributed by atoms with van der Waals surface area (Å²) >= 11 is 0. The molecule has 1 amide bonds. The third-order valence-corrected chi connectivity index (χ3v) is 4.71. The van der Waals surface area contributed by atoms with Gasteiger partial charge in [-0.15, -0.1) is 0 Å². The minimum atomic E-state index is -0.195. The van der Waals surface area contributed by atoms with E-state index in [4.69, 9.17) is 4.52 Å². The van der Waals surface area contributed by atoms with Crippen LogP contribution in [0.3, 0.4) is 0 Å². The van der Waals surface area contributed by atoms with Gasteiger partial charge in [0, 0.05) is 24.8 Å². The zero-order valence-electron chi connectivity index (χ0n) is 17.3. The molecule has 8 nitrogen and oxygen atoms in total. The summed E-state index contributed by atoms with van der Waals surface area (Å²) in [5, 5.41) is 4.48. The molecular formula is C21H27N5O3. The maximum atomic E-state index is 12.8. The Morgan fingerprint density at radius 2 is 1.93 bits per heavy atom. The maximum absolute atomic E-state index is 12.8. The van der Waals surface area contributed by atoms with E-state index < -0.39 is 0 Å². The van der Waals surface area contributed by atoms with Crippen molar-refractivity contribution in [3.8, 4) is 0 Å². The van der Waals surface area contributed by atoms with Gasteiger partial charge >= 0.3 is 0 Å². The number of hydrogen-bond donors (Lipinski definition) is 1. The van der Waals surface area contributed by atoms with E-state index in [9.17, 15) is 9.59 Å². The molecule has 2 aromatic heterocycles. The Morgan fingerprint density at radius 1 is 1.17 bits per heavy atom. The van der Waals surface area contributed by atoms with Crippen LogP contribution in [0.25, 0.3) is 10.9 Å². The van der Waals surface area contributed by atoms with E-state index in [2.05, 4.69) is 20.1 Å². The number of H-pyrrole nitrogens is 1. The molecule has 3 aromatic rings. The number of para-hydroxylation sites is 1. The van der Waals surface area contributed by atoms with E-state index in [1.165, 1.54) is 0 Å². The van der Waals surface area contributed by atoms with Gasteiger partial charge in [0.25, 0.3) is 5.56 Å². The van der Waals surface area contributed by atoms with Gasteiger partial charge in [-0.3, -0.25) is 9.59 Å². The summed E-state index contributed by atoms with van der Waals surface area (Å²) in [5.74, 6) is 1.93. The van der Waals surface area contributed by atoms with E-state index in [1.807, 2.05) is 33.8 Å². The fraction of sp³-hybridized carbons (Fsp3) is 0.476. The van der Waals surface area contributed by atoms with Crippen molar-refractivity contribution >= 4 is 16.8 Å². The minimum Gasteiger partial charge on any atom is -0.339 e. The molecule has 1 N–H and O–H groups in total. The van der Waals surface area contributed by atoms with Gasteiger partial charge in [-0.2, -0.15) is 4.98 Å². The molecular weight excluding hydrogens is 370 g/mol. The fourth-order valence-electron chi connectivity index (χ4n) is 3.07. The zero-order valence-corrected chi connectivity index (χ0v) is 17.3. The van der Waals surface area contributed by atoms with Crippen molar-refractivity contribution in [1.29, 1.82) is 0 Å². The Morgan fingerprint density at radius 3 is 2.62 bits per heavy atom. The number of rotatable bonds is 8. The Labute approximate surface area is 169 Å². The van der Waals surface area contributed by atoms with Crippen LogP contribution in [0.2, 0.25) is 0 Å². The van der Waals surface area contributed by atoms with Crippen molar-refractivity contribution in [3.05, 3.63) is 52.2 Å². The van der Waals surface area contributed by atoms with Crippen LogP contribution in [0.5, 0.6) is 0 Å². The van der Waals surface area contributed by atoms with Crippen LogP contribution in [0, 0.1) is 0 Å². The number of aromatic nitrogens is 4. The monoisotopic (exact) mass is 397 g/mol. The second kappa shape index (κ2) is 8.98. The first-order valence-corrected chi connectivity index (χ1v) is 9.95. The summed E-state index contributed by atoms with van der Waals surface area (Å²) in [5.41, 5.74) is 0.430. The molecule has 0 aliphatic rings. The number of fused-ring (bicyclic) bond motifs is 1. The third kappa shape index (κ3) is 5.07. The fourth-order valence-corrected chi connectivity index (χ4v) is 3.07. The van der Waals surface area contributed by atoms with Crippen LogP contribution >= 0.6 is 0 Å². The van der Waals surface area contributed by atoms with E-state index in [0.29, 0.717) is 47.7 Å². The first-order chi connectivity index (χ1) is 13.8. The molecule has 0 radical (unpaired) electrons. The molecule has 0 saturated heterocycles. The lowest BCUT2D eigenvalue weighted by atomic mass is 10.2. The molecule has 8 heteroatoms. The number of amides is 1. The highest BCUT2D eigenvalue weighted by atomic mass is 16.5. The van der Waals surface area contributed by atoms with Crippen molar-refractivity contribution < 1.29 is 9.32 Å². The average Bonchev–Trinajstić information content (AvgIpc) is 3.15. The second-order valence-electron chi connectivity index (χ2n) is 7.70. The van der Waals surface area contributed by atoms with Gasteiger partial charge in [0.1, 0.15) is 5.82 Å². The molecule has 0 bridgehead atoms. The topological polar surface area (TPSA) is 105 Å². The number of hydrogen-bond acceptors (Lipinski definition) is 6. The van der Waals surface area contributed by atoms with Crippen LogP contribution in [0.15, 0.2) is 33.6 Å². The minimum absolute atomic E-state index is 0.000550. The number of carbonyl (C=O) groups is 1. The lowest BCUT2D eigenvalue weighted by Gasteiger charge is -2.26. The molecule has 0 fully saturated rings. The number of aryl methyl sites for hydroxylation is 1. The number of benzene rings is 1. The summed E-state index contributed by atoms with van der Waals surface area (Å²) in [6.07, 6.45) is 1.53. The predicted octanol–water partition coefficient (Wildman–Crippen LogP) is 3.19. The number of nitrogens with one attached hydrogen (secondary N) is 1. The predicted molar refractivity (Wildman–Crippen MR) is 109 cm³/mol. The van der Waals surface area contributed by atoms with Crippen molar-refractivity contribution in [2.75, 3.05) is 0 Å². The van der Waals surface area contributed by atoms with E-state index in [0.717, 1.165) is 0 Å². The van der Waals surface area contributed by atoms with Crippen LogP contribution in [0.4, 0.5) is 0 Å². The quantitative estimate of drug-likeness (QED) is 0.626. The van der Waals surface area contributed by atoms with Gasteiger partial charge in [0.05, 0.1) is 17.4 Å². The second-order valence-corrected chi connectivity index (χ2v) is 7.70. The van der Waals surface area contributed by atoms with Gasteiger partial charge in [-0.25, -0.2) is 4.98 Å². The van der Waals surface area contributed by atoms with Crippen molar-refractivity contribution in [2.24, 2.45) is 0 Å². The summed E-state index contributed by atoms with van der Waals surface area (Å²) in [4.78, 5) is 38.4. The largest absolute Gasteiger partial charge is 0.339 e. The molecule has 2 heterocycles. The Bertz CT molecular complexity index is 1040. The van der Waals surface area contributed by atoms with Crippen LogP contribution in [-0.2, 0) is 17.8 Å². The molecule has 0 unspecified atom stereocenters. The van der Waals surface area contributed by atoms with Gasteiger partial charge < -0.3 is 14.4 Å². The van der Waals surface area contributed by atoms with Gasteiger partial charge in [-0.05, 0) is 32.4 Å². The number of carbonyl (C=O) groups excluding carboxylic acids is 1. The first kappa shape index (κ1) is 20.7. The molecule has 3 rings (SSSR count). The first-order valence-electron chi connectivity index (χ1n) is 9.95. The standard InChI is InChI=1S/C21H27N5O3/c1-13(2)20-24-18(29-25-20)10-7-11-19(27)26(14(3)4)12-17-22-16-9-6-5-8-15(16)21(28)23-17/h5-6,8-9,13-14H,7,10-12H2,1-4H3,(H,22,23,28). The molecule has 154 valence electrons. The van der Waals surface area contributed by atoms with E-state index in [-0.39, 0.29) is 30.0 Å². The molecule has 0 atom stereocenters. The zero-order chi connectivity index (χ0) is 21.0. The van der Waals surface area contributed by atoms with E-state index in [1.54, 1.807) is 23.1 Å². The summed E-state index contributed by atoms with van der Waals surface area (Å²) in [6.45, 7) is 8.16. The summed E-state index contributed by atoms with van der Waals surface area (Å²) in [6, 6.07) is 7.15. The Balaban J connectivity index is 1.64. The molecule has 0 spiro atoms. The third-order valence-electron chi connectivity index (χ3n) is 4.71. The molecule has 0 saturated carbocycles. The van der Waals surface area contributed by atoms with Crippen LogP contribution in [-0.4, -0.2) is 37.0 Å². The number of nitrogens with zero attached hydrogens (tertiary/aromatic N) is 4. The average molecular weight is 397 g/mol. The van der Waals surface area contributed by atoms with Crippen molar-refractivity contribution in [3.63, 3.8) is 0 Å². The SMILES string of the molecule is CC(C)c1noc(CCCC(=O)N(Cc2nc3ccccc3c(=O)[nH]2)C(C)C)n1. The molecule has 1 aromatic carbocycles. The lowest BCUT2D eigenvalue weighted by molar-refractivity contribution is -0.133. The Hall–Kier alpha value is -3.03. The lowest BCUT2D eigenvalue weighted by Crippen LogP contribution is -2.37. The van der Waals surface area contributed by atoms with Crippen LogP contribution < -0.4 is 5.56 Å². The van der Waals surface area contributed by atoms with Crippen molar-refractivity contribution in [1.82, 2.24) is 25.0 Å². The highest BCUT2D eigenvalue weighted by molar-refractivity contribution is 5.78. The smallest absolute Gasteiger partial charge is 0.258 e. The highest BCUT2D eigenvalue weighted by Crippen LogP contribution is 2.14. The molecule has 0 aliphatic heterocycles. The normalized spacial score (nSPS) is 11.5. The molecule has 0 aliphatic carbocycles. The summed E-state index contributed by atoms with van der Waals surface area (Å²) in [7, 11) is 0. The van der Waals surface area contributed by atoms with E-state index >= 15 is 0 Å². The van der Waals surface area contributed by atoms with Crippen LogP contribution in [0.1, 0.15) is 64.0 Å². The van der Waals surface area contributed by atoms with Gasteiger partial charge in [0.2, 0.25) is 11.8 Å². The maximum Gasteiger partial charge on any atom is 0.258 e. The highest BCUT2D eigenvalue weighted by Gasteiger charge is 2.19. The van der Waals surface area contributed by atoms with Gasteiger partial charge in [0.15, 0.2) is 5.82 Å². The van der Waals surface area contributed by atoms with Gasteiger partial charge in [-0.1, -0.05) is 31.1 Å². The summed E-state index contributed by atoms with van der Waals surface area (Å²) < 4.78 is 5.23.